The quantitative estimate of drug-likeness (QED) is 0.276. The fraction of sp³-hybridized carbons (Fsp3) is 0. The third-order valence-electron chi connectivity index (χ3n) is 2.95. The van der Waals surface area contributed by atoms with E-state index in [1.54, 1.807) is 6.07 Å². The zero-order valence-electron chi connectivity index (χ0n) is 10.1. The fourth-order valence-corrected chi connectivity index (χ4v) is 3.13. The molecule has 1 aromatic heterocycles. The van der Waals surface area contributed by atoms with E-state index in [2.05, 4.69) is 20.9 Å². The summed E-state index contributed by atoms with van der Waals surface area (Å²) in [4.78, 5) is 2.89. The molecule has 3 aromatic rings. The van der Waals surface area contributed by atoms with Crippen LogP contribution in [-0.2, 0) is 0 Å². The number of aromatic nitrogens is 2. The van der Waals surface area contributed by atoms with Gasteiger partial charge in [-0.2, -0.15) is 0 Å². The average molecular weight is 485 g/mol. The lowest BCUT2D eigenvalue weighted by Gasteiger charge is -2.08. The van der Waals surface area contributed by atoms with Crippen LogP contribution in [0.2, 0.25) is 0 Å². The normalized spacial score (nSPS) is 11.3. The Morgan fingerprint density at radius 1 is 1.05 bits per heavy atom. The first kappa shape index (κ1) is 15.0. The maximum absolute atomic E-state index is 14.0. The lowest BCUT2D eigenvalue weighted by atomic mass is 10.2. The number of nitrogens with zero attached hydrogens (tertiary/aromatic N) is 1. The molecule has 0 amide bonds. The molecule has 8 heteroatoms. The molecular formula is C13H5BrF3IN2S. The van der Waals surface area contributed by atoms with Crippen LogP contribution < -0.4 is 0 Å². The first-order valence-electron chi connectivity index (χ1n) is 5.63. The number of imidazole rings is 1. The first-order valence-corrected chi connectivity index (χ1v) is 7.91. The van der Waals surface area contributed by atoms with Crippen molar-refractivity contribution in [1.82, 2.24) is 9.55 Å². The Kier molecular flexibility index (Phi) is 3.87. The van der Waals surface area contributed by atoms with Crippen LogP contribution in [0.1, 0.15) is 0 Å². The van der Waals surface area contributed by atoms with E-state index < -0.39 is 17.5 Å². The van der Waals surface area contributed by atoms with Gasteiger partial charge in [-0.1, -0.05) is 0 Å². The van der Waals surface area contributed by atoms with Gasteiger partial charge in [-0.15, -0.1) is 0 Å². The van der Waals surface area contributed by atoms with Crippen LogP contribution in [-0.4, -0.2) is 9.55 Å². The third-order valence-corrected chi connectivity index (χ3v) is 4.67. The van der Waals surface area contributed by atoms with E-state index in [0.29, 0.717) is 14.6 Å². The molecule has 0 unspecified atom stereocenters. The summed E-state index contributed by atoms with van der Waals surface area (Å²) >= 11 is 10.0. The number of nitrogens with one attached hydrogen (secondary N) is 1. The minimum absolute atomic E-state index is 0.0418. The standard InChI is InChI=1S/C13H5BrF3IN2S/c14-5-1-11(8(17)2-6(5)15)20-12-3-7(16)9(18)4-10(12)19-13(20)21/h1-4H,(H,19,21). The summed E-state index contributed by atoms with van der Waals surface area (Å²) in [5.41, 5.74) is 1.00. The Balaban J connectivity index is 2.40. The fourth-order valence-electron chi connectivity index (χ4n) is 2.02. The van der Waals surface area contributed by atoms with Crippen molar-refractivity contribution in [3.8, 4) is 5.69 Å². The predicted octanol–water partition coefficient (Wildman–Crippen LogP) is 5.47. The summed E-state index contributed by atoms with van der Waals surface area (Å²) in [6, 6.07) is 4.86. The van der Waals surface area contributed by atoms with Crippen molar-refractivity contribution in [2.45, 2.75) is 0 Å². The number of hydrogen-bond donors (Lipinski definition) is 1. The summed E-state index contributed by atoms with van der Waals surface area (Å²) in [6.07, 6.45) is 0. The molecule has 0 bridgehead atoms. The number of benzene rings is 2. The van der Waals surface area contributed by atoms with Crippen molar-refractivity contribution in [1.29, 1.82) is 0 Å². The molecule has 0 aliphatic carbocycles. The van der Waals surface area contributed by atoms with Crippen LogP contribution >= 0.6 is 50.7 Å². The van der Waals surface area contributed by atoms with Gasteiger partial charge < -0.3 is 4.98 Å². The average Bonchev–Trinajstić information content (AvgIpc) is 2.70. The Labute approximate surface area is 144 Å². The molecule has 108 valence electrons. The topological polar surface area (TPSA) is 20.7 Å². The summed E-state index contributed by atoms with van der Waals surface area (Å²) in [7, 11) is 0. The maximum Gasteiger partial charge on any atom is 0.182 e. The minimum atomic E-state index is -0.786. The highest BCUT2D eigenvalue weighted by Crippen LogP contribution is 2.28. The first-order chi connectivity index (χ1) is 9.88. The molecule has 3 rings (SSSR count). The van der Waals surface area contributed by atoms with Crippen molar-refractivity contribution in [2.75, 3.05) is 0 Å². The van der Waals surface area contributed by atoms with Crippen molar-refractivity contribution in [3.05, 3.63) is 54.5 Å². The summed E-state index contributed by atoms with van der Waals surface area (Å²) < 4.78 is 43.2. The molecule has 0 spiro atoms. The van der Waals surface area contributed by atoms with E-state index in [9.17, 15) is 13.2 Å². The van der Waals surface area contributed by atoms with Gasteiger partial charge in [-0.25, -0.2) is 13.2 Å². The smallest absolute Gasteiger partial charge is 0.182 e. The highest BCUT2D eigenvalue weighted by atomic mass is 127. The molecule has 0 fully saturated rings. The lowest BCUT2D eigenvalue weighted by molar-refractivity contribution is 0.574. The second-order valence-electron chi connectivity index (χ2n) is 4.27. The van der Waals surface area contributed by atoms with Gasteiger partial charge in [-0.3, -0.25) is 4.57 Å². The van der Waals surface area contributed by atoms with Crippen LogP contribution in [0.3, 0.4) is 0 Å². The van der Waals surface area contributed by atoms with E-state index in [4.69, 9.17) is 12.2 Å². The minimum Gasteiger partial charge on any atom is -0.330 e. The maximum atomic E-state index is 14.0. The Morgan fingerprint density at radius 2 is 1.76 bits per heavy atom. The van der Waals surface area contributed by atoms with Gasteiger partial charge in [-0.05, 0) is 62.9 Å². The van der Waals surface area contributed by atoms with Gasteiger partial charge in [0.05, 0.1) is 24.8 Å². The summed E-state index contributed by atoms with van der Waals surface area (Å²) in [6.45, 7) is 0. The zero-order chi connectivity index (χ0) is 15.3. The van der Waals surface area contributed by atoms with Crippen LogP contribution in [0.5, 0.6) is 0 Å². The van der Waals surface area contributed by atoms with Crippen LogP contribution in [0.15, 0.2) is 28.7 Å². The third kappa shape index (κ3) is 2.53. The van der Waals surface area contributed by atoms with Crippen LogP contribution in [0.25, 0.3) is 16.7 Å². The molecule has 2 aromatic carbocycles. The van der Waals surface area contributed by atoms with E-state index in [1.165, 1.54) is 16.7 Å². The molecule has 0 saturated carbocycles. The molecule has 0 radical (unpaired) electrons. The lowest BCUT2D eigenvalue weighted by Crippen LogP contribution is -1.99. The number of halogens is 5. The molecule has 0 saturated heterocycles. The Hall–Kier alpha value is -0.870. The van der Waals surface area contributed by atoms with Gasteiger partial charge in [0.1, 0.15) is 17.5 Å². The largest absolute Gasteiger partial charge is 0.330 e. The number of H-pyrrole nitrogens is 1. The van der Waals surface area contributed by atoms with Gasteiger partial charge in [0.15, 0.2) is 4.77 Å². The highest BCUT2D eigenvalue weighted by molar-refractivity contribution is 14.1. The monoisotopic (exact) mass is 484 g/mol. The second kappa shape index (κ2) is 5.40. The molecule has 0 aliphatic rings. The van der Waals surface area contributed by atoms with Gasteiger partial charge in [0.25, 0.3) is 0 Å². The van der Waals surface area contributed by atoms with Crippen molar-refractivity contribution in [3.63, 3.8) is 0 Å². The Bertz CT molecular complexity index is 935. The van der Waals surface area contributed by atoms with Crippen LogP contribution in [0.4, 0.5) is 13.2 Å². The van der Waals surface area contributed by atoms with Crippen molar-refractivity contribution < 1.29 is 13.2 Å². The summed E-state index contributed by atoms with van der Waals surface area (Å²) in [5, 5.41) is 0. The van der Waals surface area contributed by atoms with Crippen LogP contribution in [0, 0.1) is 25.8 Å². The number of rotatable bonds is 1. The number of hydrogen-bond acceptors (Lipinski definition) is 1. The number of fused-ring (bicyclic) bond motifs is 1. The van der Waals surface area contributed by atoms with E-state index >= 15 is 0 Å². The van der Waals surface area contributed by atoms with Gasteiger partial charge in [0, 0.05) is 12.1 Å². The Morgan fingerprint density at radius 3 is 2.48 bits per heavy atom. The number of aromatic amines is 1. The molecule has 1 N–H and O–H groups in total. The van der Waals surface area contributed by atoms with Crippen molar-refractivity contribution in [2.24, 2.45) is 0 Å². The molecule has 21 heavy (non-hydrogen) atoms. The molecule has 0 aliphatic heterocycles. The predicted molar refractivity (Wildman–Crippen MR) is 88.8 cm³/mol. The van der Waals surface area contributed by atoms with Gasteiger partial charge in [0.2, 0.25) is 0 Å². The SMILES string of the molecule is Fc1cc(F)c(-n2c(=S)[nH]c3cc(I)c(F)cc32)cc1Br. The van der Waals surface area contributed by atoms with E-state index in [-0.39, 0.29) is 14.9 Å². The molecule has 0 atom stereocenters. The molecule has 1 heterocycles. The van der Waals surface area contributed by atoms with E-state index in [0.717, 1.165) is 6.07 Å². The second-order valence-corrected chi connectivity index (χ2v) is 6.67. The van der Waals surface area contributed by atoms with E-state index in [1.807, 2.05) is 22.6 Å². The highest BCUT2D eigenvalue weighted by Gasteiger charge is 2.15. The zero-order valence-corrected chi connectivity index (χ0v) is 14.6. The molecular weight excluding hydrogens is 480 g/mol. The molecule has 2 nitrogen and oxygen atoms in total. The van der Waals surface area contributed by atoms with Gasteiger partial charge >= 0.3 is 0 Å². The van der Waals surface area contributed by atoms with Crippen molar-refractivity contribution >= 4 is 61.8 Å². The summed E-state index contributed by atoms with van der Waals surface area (Å²) in [5.74, 6) is -1.94.